The summed E-state index contributed by atoms with van der Waals surface area (Å²) in [7, 11) is 0. The number of benzene rings is 1. The number of hydrogen-bond donors (Lipinski definition) is 0. The number of hydrogen-bond acceptors (Lipinski definition) is 3. The standard InChI is InChI=1S/C16H17FN4OS/c1-4-20-12-6-5-11(17)9-14(12)23-16(20)19-15(22)13-7-8-18-21(13)10(2)3/h5-10H,4H2,1-3H3. The molecule has 3 rings (SSSR count). The molecular weight excluding hydrogens is 315 g/mol. The van der Waals surface area contributed by atoms with E-state index in [2.05, 4.69) is 10.1 Å². The number of aromatic nitrogens is 3. The van der Waals surface area contributed by atoms with Gasteiger partial charge in [-0.15, -0.1) is 0 Å². The highest BCUT2D eigenvalue weighted by molar-refractivity contribution is 7.16. The summed E-state index contributed by atoms with van der Waals surface area (Å²) in [4.78, 5) is 17.3. The van der Waals surface area contributed by atoms with Crippen molar-refractivity contribution in [2.45, 2.75) is 33.4 Å². The quantitative estimate of drug-likeness (QED) is 0.738. The summed E-state index contributed by atoms with van der Waals surface area (Å²) in [6.45, 7) is 6.54. The van der Waals surface area contributed by atoms with Crippen LogP contribution in [-0.2, 0) is 6.54 Å². The van der Waals surface area contributed by atoms with Gasteiger partial charge < -0.3 is 4.57 Å². The van der Waals surface area contributed by atoms with Crippen molar-refractivity contribution in [2.24, 2.45) is 4.99 Å². The largest absolute Gasteiger partial charge is 0.317 e. The molecule has 23 heavy (non-hydrogen) atoms. The molecule has 0 saturated carbocycles. The average Bonchev–Trinajstić information content (AvgIpc) is 3.10. The van der Waals surface area contributed by atoms with Gasteiger partial charge in [0.1, 0.15) is 11.5 Å². The van der Waals surface area contributed by atoms with E-state index in [9.17, 15) is 9.18 Å². The highest BCUT2D eigenvalue weighted by Crippen LogP contribution is 2.19. The molecule has 0 N–H and O–H groups in total. The molecule has 0 aliphatic carbocycles. The van der Waals surface area contributed by atoms with Gasteiger partial charge in [0.05, 0.1) is 10.2 Å². The smallest absolute Gasteiger partial charge is 0.297 e. The first-order chi connectivity index (χ1) is 11.0. The zero-order valence-electron chi connectivity index (χ0n) is 13.2. The maximum atomic E-state index is 13.4. The Balaban J connectivity index is 2.13. The minimum atomic E-state index is -0.342. The van der Waals surface area contributed by atoms with E-state index in [1.165, 1.54) is 23.5 Å². The van der Waals surface area contributed by atoms with E-state index in [1.54, 1.807) is 23.0 Å². The molecule has 0 aliphatic heterocycles. The fraction of sp³-hybridized carbons (Fsp3) is 0.312. The number of aryl methyl sites for hydroxylation is 1. The molecule has 2 heterocycles. The summed E-state index contributed by atoms with van der Waals surface area (Å²) in [6.07, 6.45) is 1.59. The second kappa shape index (κ2) is 6.08. The van der Waals surface area contributed by atoms with E-state index in [4.69, 9.17) is 0 Å². The van der Waals surface area contributed by atoms with Crippen LogP contribution in [0.2, 0.25) is 0 Å². The van der Waals surface area contributed by atoms with Crippen LogP contribution >= 0.6 is 11.3 Å². The normalized spacial score (nSPS) is 12.5. The van der Waals surface area contributed by atoms with Crippen LogP contribution in [0.3, 0.4) is 0 Å². The molecule has 0 bridgehead atoms. The van der Waals surface area contributed by atoms with E-state index < -0.39 is 0 Å². The minimum Gasteiger partial charge on any atom is -0.317 e. The molecule has 120 valence electrons. The van der Waals surface area contributed by atoms with Gasteiger partial charge in [-0.25, -0.2) is 4.39 Å². The van der Waals surface area contributed by atoms with Gasteiger partial charge in [0.15, 0.2) is 4.80 Å². The zero-order valence-corrected chi connectivity index (χ0v) is 14.0. The molecule has 0 aliphatic rings. The Hall–Kier alpha value is -2.28. The van der Waals surface area contributed by atoms with E-state index in [0.29, 0.717) is 17.0 Å². The number of rotatable bonds is 3. The van der Waals surface area contributed by atoms with E-state index >= 15 is 0 Å². The number of fused-ring (bicyclic) bond motifs is 1. The van der Waals surface area contributed by atoms with Gasteiger partial charge in [-0.2, -0.15) is 10.1 Å². The van der Waals surface area contributed by atoms with Gasteiger partial charge in [0.25, 0.3) is 5.91 Å². The summed E-state index contributed by atoms with van der Waals surface area (Å²) in [5.41, 5.74) is 1.33. The van der Waals surface area contributed by atoms with Crippen molar-refractivity contribution in [1.29, 1.82) is 0 Å². The van der Waals surface area contributed by atoms with Crippen molar-refractivity contribution >= 4 is 27.5 Å². The molecule has 0 atom stereocenters. The second-order valence-corrected chi connectivity index (χ2v) is 6.42. The Labute approximate surface area is 136 Å². The Morgan fingerprint density at radius 2 is 2.17 bits per heavy atom. The first-order valence-electron chi connectivity index (χ1n) is 7.42. The number of halogens is 1. The second-order valence-electron chi connectivity index (χ2n) is 5.41. The first kappa shape index (κ1) is 15.6. The Bertz CT molecular complexity index is 935. The monoisotopic (exact) mass is 332 g/mol. The molecule has 7 heteroatoms. The van der Waals surface area contributed by atoms with Crippen molar-refractivity contribution < 1.29 is 9.18 Å². The zero-order chi connectivity index (χ0) is 16.6. The molecule has 1 aromatic carbocycles. The predicted octanol–water partition coefficient (Wildman–Crippen LogP) is 3.38. The Kier molecular flexibility index (Phi) is 4.12. The summed E-state index contributed by atoms with van der Waals surface area (Å²) in [5.74, 6) is -0.636. The van der Waals surface area contributed by atoms with E-state index in [-0.39, 0.29) is 17.8 Å². The number of thiazole rings is 1. The number of nitrogens with zero attached hydrogens (tertiary/aromatic N) is 4. The predicted molar refractivity (Wildman–Crippen MR) is 88.0 cm³/mol. The van der Waals surface area contributed by atoms with E-state index in [0.717, 1.165) is 10.2 Å². The van der Waals surface area contributed by atoms with Crippen LogP contribution in [-0.4, -0.2) is 20.3 Å². The Morgan fingerprint density at radius 3 is 2.87 bits per heavy atom. The molecule has 0 radical (unpaired) electrons. The number of amides is 1. The van der Waals surface area contributed by atoms with Crippen molar-refractivity contribution in [2.75, 3.05) is 0 Å². The Morgan fingerprint density at radius 1 is 1.39 bits per heavy atom. The number of carbonyl (C=O) groups excluding carboxylic acids is 1. The lowest BCUT2D eigenvalue weighted by Gasteiger charge is -2.07. The summed E-state index contributed by atoms with van der Waals surface area (Å²) < 4.78 is 17.7. The summed E-state index contributed by atoms with van der Waals surface area (Å²) in [6, 6.07) is 6.34. The lowest BCUT2D eigenvalue weighted by molar-refractivity contribution is 0.0986. The number of carbonyl (C=O) groups is 1. The topological polar surface area (TPSA) is 52.2 Å². The minimum absolute atomic E-state index is 0.0777. The highest BCUT2D eigenvalue weighted by Gasteiger charge is 2.14. The van der Waals surface area contributed by atoms with Crippen LogP contribution in [0, 0.1) is 5.82 Å². The molecule has 0 spiro atoms. The molecule has 5 nitrogen and oxygen atoms in total. The van der Waals surface area contributed by atoms with Crippen molar-refractivity contribution in [1.82, 2.24) is 14.3 Å². The maximum Gasteiger partial charge on any atom is 0.297 e. The average molecular weight is 332 g/mol. The first-order valence-corrected chi connectivity index (χ1v) is 8.24. The van der Waals surface area contributed by atoms with E-state index in [1.807, 2.05) is 25.3 Å². The van der Waals surface area contributed by atoms with Gasteiger partial charge >= 0.3 is 0 Å². The van der Waals surface area contributed by atoms with Crippen LogP contribution in [0.15, 0.2) is 35.5 Å². The SMILES string of the molecule is CCn1c(=NC(=O)c2ccnn2C(C)C)sc2cc(F)ccc21. The summed E-state index contributed by atoms with van der Waals surface area (Å²) >= 11 is 1.31. The fourth-order valence-corrected chi connectivity index (χ4v) is 3.59. The lowest BCUT2D eigenvalue weighted by Crippen LogP contribution is -2.18. The molecule has 0 fully saturated rings. The van der Waals surface area contributed by atoms with Gasteiger partial charge in [-0.1, -0.05) is 11.3 Å². The highest BCUT2D eigenvalue weighted by atomic mass is 32.1. The van der Waals surface area contributed by atoms with Crippen molar-refractivity contribution in [3.63, 3.8) is 0 Å². The van der Waals surface area contributed by atoms with Gasteiger partial charge in [0, 0.05) is 18.8 Å². The summed E-state index contributed by atoms with van der Waals surface area (Å²) in [5, 5.41) is 4.16. The molecular formula is C16H17FN4OS. The van der Waals surface area contributed by atoms with Gasteiger partial charge in [-0.05, 0) is 45.0 Å². The van der Waals surface area contributed by atoms with Crippen molar-refractivity contribution in [3.05, 3.63) is 46.8 Å². The third-order valence-corrected chi connectivity index (χ3v) is 4.58. The molecule has 2 aromatic heterocycles. The van der Waals surface area contributed by atoms with Crippen LogP contribution in [0.4, 0.5) is 4.39 Å². The van der Waals surface area contributed by atoms with Crippen LogP contribution in [0.25, 0.3) is 10.2 Å². The third kappa shape index (κ3) is 2.84. The molecule has 3 aromatic rings. The molecule has 0 saturated heterocycles. The molecule has 1 amide bonds. The van der Waals surface area contributed by atoms with Crippen LogP contribution in [0.1, 0.15) is 37.3 Å². The third-order valence-electron chi connectivity index (χ3n) is 3.54. The van der Waals surface area contributed by atoms with Crippen LogP contribution < -0.4 is 4.80 Å². The maximum absolute atomic E-state index is 13.4. The van der Waals surface area contributed by atoms with Gasteiger partial charge in [0.2, 0.25) is 0 Å². The molecule has 0 unspecified atom stereocenters. The van der Waals surface area contributed by atoms with Crippen LogP contribution in [0.5, 0.6) is 0 Å². The lowest BCUT2D eigenvalue weighted by atomic mass is 10.3. The van der Waals surface area contributed by atoms with Gasteiger partial charge in [-0.3, -0.25) is 9.48 Å². The van der Waals surface area contributed by atoms with Crippen molar-refractivity contribution in [3.8, 4) is 0 Å². The fourth-order valence-electron chi connectivity index (χ4n) is 2.48.